The van der Waals surface area contributed by atoms with Gasteiger partial charge in [0.2, 0.25) is 0 Å². The lowest BCUT2D eigenvalue weighted by molar-refractivity contribution is 0.127. The van der Waals surface area contributed by atoms with Crippen molar-refractivity contribution in [3.05, 3.63) is 175 Å². The van der Waals surface area contributed by atoms with Crippen LogP contribution in [0, 0.1) is 0 Å². The minimum atomic E-state index is -2.01. The lowest BCUT2D eigenvalue weighted by Crippen LogP contribution is -2.54. The summed E-state index contributed by atoms with van der Waals surface area (Å²) in [5.74, 6) is 0. The molecule has 0 bridgehead atoms. The van der Waals surface area contributed by atoms with Gasteiger partial charge in [0.05, 0.1) is 27.2 Å². The quantitative estimate of drug-likeness (QED) is 0.0295. The van der Waals surface area contributed by atoms with Gasteiger partial charge in [-0.05, 0) is 213 Å². The predicted octanol–water partition coefficient (Wildman–Crippen LogP) is 32.6. The van der Waals surface area contributed by atoms with E-state index in [0.29, 0.717) is 16.6 Å². The van der Waals surface area contributed by atoms with E-state index in [-0.39, 0.29) is 0 Å². The number of hydrogen-bond acceptors (Lipinski definition) is 7. The van der Waals surface area contributed by atoms with Crippen molar-refractivity contribution in [2.45, 2.75) is 401 Å². The summed E-state index contributed by atoms with van der Waals surface area (Å²) in [6.07, 6.45) is 46.1. The average Bonchev–Trinajstić information content (AvgIpc) is 1.51. The number of rotatable bonds is 53. The molecule has 0 fully saturated rings. The highest BCUT2D eigenvalue weighted by molar-refractivity contribution is 7.39. The Morgan fingerprint density at radius 2 is 0.541 bits per heavy atom. The molecule has 610 valence electrons. The van der Waals surface area contributed by atoms with E-state index in [1.807, 2.05) is 45.3 Å². The van der Waals surface area contributed by atoms with Gasteiger partial charge in [0.1, 0.15) is 19.3 Å². The fraction of sp³-hybridized carbons (Fsp3) is 0.608. The lowest BCUT2D eigenvalue weighted by atomic mass is 9.75. The topological polar surface area (TPSA) is 40.5 Å². The molecule has 0 aliphatic heterocycles. The second-order valence-electron chi connectivity index (χ2n) is 36.1. The van der Waals surface area contributed by atoms with Crippen molar-refractivity contribution in [1.82, 2.24) is 0 Å². The first-order valence-corrected chi connectivity index (χ1v) is 55.6. The van der Waals surface area contributed by atoms with E-state index in [1.54, 1.807) is 4.50 Å². The highest BCUT2D eigenvalue weighted by atomic mass is 32.1. The van der Waals surface area contributed by atoms with E-state index < -0.39 is 27.3 Å². The molecule has 9 aromatic rings. The summed E-state index contributed by atoms with van der Waals surface area (Å²) in [4.78, 5) is 4.80. The molecule has 0 atom stereocenters. The zero-order valence-electron chi connectivity index (χ0n) is 73.2. The standard InChI is InChI=1S/C102H152O2S5Si2/c1-18-26-34-42-50-77-60-78(51-43-35-27-19-2)65-85(64-77)101(103,86-66-79(52-44-36-28-20-3)61-80(67-86)53-45-37-29-21-4)95-97(89-58-59-93(106-89)110(15,16)17)108-100-96(98(109-99(95)100)92-72-90-91(105-92)73-94(107-90)111(74(9)10,75(11)12)76(13)14)102(104,87-68-81(54-46-38-30-22-5)62-82(69-87)55-47-39-31-23-6)88-70-83(56-48-40-32-24-7)63-84(71-88)57-49-41-33-25-8/h58-76,103-104H,18-57H2,1-17H3. The van der Waals surface area contributed by atoms with Crippen molar-refractivity contribution in [2.75, 3.05) is 0 Å². The normalized spacial score (nSPS) is 12.7. The largest absolute Gasteiger partial charge is 0.376 e. The Hall–Kier alpha value is -3.75. The van der Waals surface area contributed by atoms with E-state index in [1.165, 1.54) is 222 Å². The molecule has 9 rings (SSSR count). The Kier molecular flexibility index (Phi) is 36.7. The minimum Gasteiger partial charge on any atom is -0.376 e. The molecule has 111 heavy (non-hydrogen) atoms. The van der Waals surface area contributed by atoms with Gasteiger partial charge in [-0.2, -0.15) is 0 Å². The highest BCUT2D eigenvalue weighted by Gasteiger charge is 2.49. The van der Waals surface area contributed by atoms with E-state index in [0.717, 1.165) is 155 Å². The van der Waals surface area contributed by atoms with Gasteiger partial charge in [0, 0.05) is 30.3 Å². The first-order valence-electron chi connectivity index (χ1n) is 45.8. The third kappa shape index (κ3) is 23.2. The smallest absolute Gasteiger partial charge is 0.143 e. The molecule has 2 N–H and O–H groups in total. The molecule has 9 heteroatoms. The van der Waals surface area contributed by atoms with Crippen LogP contribution >= 0.6 is 56.7 Å². The summed E-state index contributed by atoms with van der Waals surface area (Å²) in [6, 6.07) is 40.4. The van der Waals surface area contributed by atoms with Gasteiger partial charge in [-0.3, -0.25) is 0 Å². The van der Waals surface area contributed by atoms with Crippen molar-refractivity contribution in [1.29, 1.82) is 0 Å². The van der Waals surface area contributed by atoms with Crippen LogP contribution in [0.5, 0.6) is 0 Å². The van der Waals surface area contributed by atoms with Crippen molar-refractivity contribution >= 4 is 101 Å². The zero-order valence-corrected chi connectivity index (χ0v) is 79.3. The van der Waals surface area contributed by atoms with Crippen molar-refractivity contribution < 1.29 is 10.2 Å². The minimum absolute atomic E-state index is 0.600. The van der Waals surface area contributed by atoms with Crippen LogP contribution < -0.4 is 9.00 Å². The molecular formula is C102H152O2S5Si2. The van der Waals surface area contributed by atoms with Gasteiger partial charge in [-0.1, -0.05) is 350 Å². The summed E-state index contributed by atoms with van der Waals surface area (Å²) in [6.45, 7) is 41.4. The van der Waals surface area contributed by atoms with Gasteiger partial charge in [-0.25, -0.2) is 0 Å². The van der Waals surface area contributed by atoms with Gasteiger partial charge in [-0.15, -0.1) is 56.7 Å². The maximum Gasteiger partial charge on any atom is 0.143 e. The Morgan fingerprint density at radius 1 is 0.279 bits per heavy atom. The summed E-state index contributed by atoms with van der Waals surface area (Å²) in [5, 5.41) is 32.7. The third-order valence-electron chi connectivity index (χ3n) is 25.0. The second-order valence-corrected chi connectivity index (χ2v) is 53.0. The summed E-state index contributed by atoms with van der Waals surface area (Å²) in [7, 11) is -3.86. The van der Waals surface area contributed by atoms with E-state index in [9.17, 15) is 0 Å². The lowest BCUT2D eigenvalue weighted by Gasteiger charge is -2.42. The van der Waals surface area contributed by atoms with E-state index in [2.05, 4.69) is 225 Å². The Bertz CT molecular complexity index is 3930. The second kappa shape index (κ2) is 44.7. The summed E-state index contributed by atoms with van der Waals surface area (Å²) >= 11 is 9.91. The molecule has 5 aromatic heterocycles. The number of unbranched alkanes of at least 4 members (excludes halogenated alkanes) is 24. The zero-order chi connectivity index (χ0) is 79.7. The van der Waals surface area contributed by atoms with Crippen LogP contribution in [0.15, 0.2) is 97.1 Å². The van der Waals surface area contributed by atoms with Gasteiger partial charge < -0.3 is 10.2 Å². The van der Waals surface area contributed by atoms with Gasteiger partial charge >= 0.3 is 0 Å². The van der Waals surface area contributed by atoms with Crippen molar-refractivity contribution in [3.8, 4) is 19.5 Å². The molecule has 0 aliphatic rings. The number of hydrogen-bond donors (Lipinski definition) is 2. The third-order valence-corrected chi connectivity index (χ3v) is 42.8. The molecule has 4 aromatic carbocycles. The maximum absolute atomic E-state index is 16.4. The van der Waals surface area contributed by atoms with Crippen molar-refractivity contribution in [3.63, 3.8) is 0 Å². The van der Waals surface area contributed by atoms with Crippen LogP contribution in [0.25, 0.3) is 38.3 Å². The Morgan fingerprint density at radius 3 is 0.775 bits per heavy atom. The first-order chi connectivity index (χ1) is 53.6. The van der Waals surface area contributed by atoms with Gasteiger partial charge in [0.15, 0.2) is 0 Å². The number of aryl methyl sites for hydroxylation is 8. The molecule has 0 amide bonds. The molecule has 0 spiro atoms. The Labute approximate surface area is 700 Å². The van der Waals surface area contributed by atoms with Crippen LogP contribution in [-0.4, -0.2) is 26.4 Å². The first kappa shape index (κ1) is 91.2. The molecule has 5 heterocycles. The van der Waals surface area contributed by atoms with E-state index >= 15 is 10.2 Å². The van der Waals surface area contributed by atoms with Crippen LogP contribution in [0.2, 0.25) is 36.3 Å². The highest BCUT2D eigenvalue weighted by Crippen LogP contribution is 2.61. The van der Waals surface area contributed by atoms with Crippen LogP contribution in [0.3, 0.4) is 0 Å². The molecular weight excluding hydrogens is 1470 g/mol. The maximum atomic E-state index is 16.4. The summed E-state index contributed by atoms with van der Waals surface area (Å²) < 4.78 is 8.14. The van der Waals surface area contributed by atoms with Gasteiger partial charge in [0.25, 0.3) is 0 Å². The fourth-order valence-corrected chi connectivity index (χ4v) is 36.5. The number of fused-ring (bicyclic) bond motifs is 2. The van der Waals surface area contributed by atoms with Crippen LogP contribution in [-0.2, 0) is 62.6 Å². The SMILES string of the molecule is CCCCCCc1cc(CCCCCC)cc(C(O)(c2cc(CCCCCC)cc(CCCCCC)c2)c2c(-c3ccc([Si](C)(C)C)s3)sc3c(C(O)(c4cc(CCCCCC)cc(CCCCCC)c4)c4cc(CCCCCC)cc(CCCCCC)c4)c(-c4cc5sc([Si](C(C)C)(C(C)C)C(C)C)cc5s4)sc23)c1. The number of thiophene rings is 5. The number of aliphatic hydroxyl groups is 2. The predicted molar refractivity (Wildman–Crippen MR) is 508 cm³/mol. The van der Waals surface area contributed by atoms with Crippen LogP contribution in [0.1, 0.15) is 380 Å². The van der Waals surface area contributed by atoms with Crippen LogP contribution in [0.4, 0.5) is 0 Å². The molecule has 0 radical (unpaired) electrons. The monoisotopic (exact) mass is 1620 g/mol. The Balaban J connectivity index is 1.54. The van der Waals surface area contributed by atoms with E-state index in [4.69, 9.17) is 0 Å². The molecule has 0 saturated heterocycles. The average molecular weight is 1630 g/mol. The van der Waals surface area contributed by atoms with Crippen molar-refractivity contribution in [2.24, 2.45) is 0 Å². The molecule has 0 unspecified atom stereocenters. The number of benzene rings is 4. The fourth-order valence-electron chi connectivity index (χ4n) is 18.8. The molecule has 0 aliphatic carbocycles. The summed E-state index contributed by atoms with van der Waals surface area (Å²) in [5.41, 5.74) is 15.5. The molecule has 2 nitrogen and oxygen atoms in total. The molecule has 0 saturated carbocycles.